The normalized spacial score (nSPS) is 24.0. The third kappa shape index (κ3) is 5.30. The molecule has 2 aliphatic carbocycles. The summed E-state index contributed by atoms with van der Waals surface area (Å²) < 4.78 is 13.2. The first-order valence-electron chi connectivity index (χ1n) is 15.5. The lowest BCUT2D eigenvalue weighted by Gasteiger charge is -2.37. The van der Waals surface area contributed by atoms with E-state index >= 15 is 0 Å². The number of benzene rings is 1. The number of aromatic amines is 1. The zero-order valence-corrected chi connectivity index (χ0v) is 24.5. The Kier molecular flexibility index (Phi) is 7.43. The quantitative estimate of drug-likeness (QED) is 0.294. The van der Waals surface area contributed by atoms with Crippen molar-refractivity contribution in [2.24, 2.45) is 17.8 Å². The number of morpholine rings is 1. The van der Waals surface area contributed by atoms with E-state index in [-0.39, 0.29) is 17.9 Å². The molecule has 2 N–H and O–H groups in total. The van der Waals surface area contributed by atoms with Gasteiger partial charge in [0.15, 0.2) is 11.5 Å². The van der Waals surface area contributed by atoms with Crippen LogP contribution in [0.25, 0.3) is 22.8 Å². The molecule has 11 heteroatoms. The Morgan fingerprint density at radius 3 is 2.60 bits per heavy atom. The lowest BCUT2D eigenvalue weighted by molar-refractivity contribution is 0.0927. The number of fused-ring (bicyclic) bond motifs is 1. The van der Waals surface area contributed by atoms with Gasteiger partial charge in [-0.25, -0.2) is 14.8 Å². The van der Waals surface area contributed by atoms with E-state index < -0.39 is 5.76 Å². The van der Waals surface area contributed by atoms with Crippen LogP contribution in [0.2, 0.25) is 0 Å². The van der Waals surface area contributed by atoms with E-state index in [2.05, 4.69) is 63.0 Å². The predicted octanol–water partition coefficient (Wildman–Crippen LogP) is 5.17. The number of anilines is 2. The van der Waals surface area contributed by atoms with Gasteiger partial charge in [-0.15, -0.1) is 0 Å². The summed E-state index contributed by atoms with van der Waals surface area (Å²) >= 11 is 0. The number of ether oxygens (including phenoxy) is 1. The average Bonchev–Trinajstić information content (AvgIpc) is 3.57. The molecule has 2 saturated carbocycles. The molecule has 1 aliphatic heterocycles. The smallest absolute Gasteiger partial charge is 0.377 e. The number of aromatic nitrogens is 6. The second-order valence-corrected chi connectivity index (χ2v) is 12.5. The number of nitrogens with one attached hydrogen (secondary N) is 2. The minimum atomic E-state index is -0.636. The molecule has 0 unspecified atom stereocenters. The van der Waals surface area contributed by atoms with E-state index in [1.807, 2.05) is 6.07 Å². The van der Waals surface area contributed by atoms with Gasteiger partial charge in [0.05, 0.1) is 19.3 Å². The van der Waals surface area contributed by atoms with Crippen LogP contribution in [0.15, 0.2) is 39.6 Å². The summed E-state index contributed by atoms with van der Waals surface area (Å²) in [5, 5.41) is 7.63. The molecule has 42 heavy (non-hydrogen) atoms. The molecule has 0 spiro atoms. The van der Waals surface area contributed by atoms with Crippen LogP contribution < -0.4 is 16.0 Å². The number of H-pyrrole nitrogens is 1. The van der Waals surface area contributed by atoms with Crippen LogP contribution >= 0.6 is 0 Å². The second-order valence-electron chi connectivity index (χ2n) is 12.5. The maximum Gasteiger partial charge on any atom is 0.439 e. The molecule has 11 nitrogen and oxygen atoms in total. The van der Waals surface area contributed by atoms with Crippen molar-refractivity contribution in [2.75, 3.05) is 30.0 Å². The lowest BCUT2D eigenvalue weighted by atomic mass is 9.80. The van der Waals surface area contributed by atoms with Crippen LogP contribution in [0.1, 0.15) is 70.4 Å². The first-order chi connectivity index (χ1) is 20.5. The Balaban J connectivity index is 1.38. The first kappa shape index (κ1) is 27.1. The second kappa shape index (κ2) is 11.5. The van der Waals surface area contributed by atoms with Gasteiger partial charge in [-0.3, -0.25) is 9.51 Å². The Bertz CT molecular complexity index is 1570. The first-order valence-corrected chi connectivity index (χ1v) is 15.5. The van der Waals surface area contributed by atoms with E-state index in [1.165, 1.54) is 50.5 Å². The maximum atomic E-state index is 11.8. The number of imidazole rings is 1. The highest BCUT2D eigenvalue weighted by atomic mass is 16.5. The van der Waals surface area contributed by atoms with E-state index in [4.69, 9.17) is 24.2 Å². The SMILES string of the molecule is CC1CCC(Cn2c(N3CCOC[C@H]3c3ccccc3)nc3nc(-c4noc(=O)[nH]4)nc(N[C@H](C)C4CCC4)c32)CC1. The summed E-state index contributed by atoms with van der Waals surface area (Å²) in [6.07, 6.45) is 8.59. The van der Waals surface area contributed by atoms with E-state index in [0.717, 1.165) is 36.3 Å². The van der Waals surface area contributed by atoms with Gasteiger partial charge in [0.25, 0.3) is 0 Å². The fourth-order valence-corrected chi connectivity index (χ4v) is 6.79. The monoisotopic (exact) mass is 572 g/mol. The van der Waals surface area contributed by atoms with Gasteiger partial charge >= 0.3 is 5.76 Å². The fourth-order valence-electron chi connectivity index (χ4n) is 6.79. The van der Waals surface area contributed by atoms with E-state index in [0.29, 0.717) is 36.5 Å². The maximum absolute atomic E-state index is 11.8. The van der Waals surface area contributed by atoms with Gasteiger partial charge < -0.3 is 19.5 Å². The third-order valence-corrected chi connectivity index (χ3v) is 9.60. The van der Waals surface area contributed by atoms with Gasteiger partial charge in [-0.05, 0) is 55.9 Å². The summed E-state index contributed by atoms with van der Waals surface area (Å²) in [4.78, 5) is 31.8. The van der Waals surface area contributed by atoms with Gasteiger partial charge in [0.1, 0.15) is 5.52 Å². The number of hydrogen-bond donors (Lipinski definition) is 2. The average molecular weight is 573 g/mol. The van der Waals surface area contributed by atoms with Crippen LogP contribution in [-0.4, -0.2) is 55.5 Å². The molecule has 4 aromatic rings. The Morgan fingerprint density at radius 1 is 1.07 bits per heavy atom. The molecular formula is C31H40N8O3. The summed E-state index contributed by atoms with van der Waals surface area (Å²) in [5.41, 5.74) is 2.69. The summed E-state index contributed by atoms with van der Waals surface area (Å²) in [7, 11) is 0. The van der Waals surface area contributed by atoms with Crippen LogP contribution in [0.4, 0.5) is 11.8 Å². The molecule has 1 aromatic carbocycles. The third-order valence-electron chi connectivity index (χ3n) is 9.60. The molecule has 0 bridgehead atoms. The highest BCUT2D eigenvalue weighted by Gasteiger charge is 2.33. The fraction of sp³-hybridized carbons (Fsp3) is 0.581. The van der Waals surface area contributed by atoms with Crippen molar-refractivity contribution in [3.8, 4) is 11.6 Å². The van der Waals surface area contributed by atoms with Crippen molar-refractivity contribution in [1.82, 2.24) is 29.7 Å². The minimum absolute atomic E-state index is 0.0338. The molecular weight excluding hydrogens is 532 g/mol. The number of hydrogen-bond acceptors (Lipinski definition) is 9. The molecule has 7 rings (SSSR count). The molecule has 0 amide bonds. The Morgan fingerprint density at radius 2 is 1.88 bits per heavy atom. The van der Waals surface area contributed by atoms with Crippen molar-refractivity contribution >= 4 is 22.9 Å². The molecule has 4 heterocycles. The number of nitrogens with zero attached hydrogens (tertiary/aromatic N) is 6. The standard InChI is InChI=1S/C31H40N8O3/c1-19-11-13-21(14-12-19)17-39-25-26(32-20(2)22-9-6-10-22)33-28(29-36-31(40)42-37-29)34-27(25)35-30(39)38-15-16-41-18-24(38)23-7-4-3-5-8-23/h3-5,7-8,19-22,24H,6,9-18H2,1-2H3,(H,32,33,34)(H,36,37,40)/t19?,20-,21?,24+/m1/s1. The van der Waals surface area contributed by atoms with Crippen LogP contribution in [-0.2, 0) is 11.3 Å². The molecule has 3 fully saturated rings. The molecule has 222 valence electrons. The molecule has 2 atom stereocenters. The van der Waals surface area contributed by atoms with Crippen molar-refractivity contribution in [2.45, 2.75) is 77.4 Å². The summed E-state index contributed by atoms with van der Waals surface area (Å²) in [6, 6.07) is 10.8. The van der Waals surface area contributed by atoms with Gasteiger partial charge in [-0.2, -0.15) is 4.98 Å². The van der Waals surface area contributed by atoms with Gasteiger partial charge in [0, 0.05) is 19.1 Å². The molecule has 3 aliphatic rings. The van der Waals surface area contributed by atoms with Crippen LogP contribution in [0.5, 0.6) is 0 Å². The largest absolute Gasteiger partial charge is 0.439 e. The van der Waals surface area contributed by atoms with Crippen molar-refractivity contribution in [3.05, 3.63) is 46.4 Å². The Labute approximate surface area is 245 Å². The van der Waals surface area contributed by atoms with Crippen LogP contribution in [0.3, 0.4) is 0 Å². The zero-order valence-electron chi connectivity index (χ0n) is 24.5. The van der Waals surface area contributed by atoms with Crippen molar-refractivity contribution < 1.29 is 9.26 Å². The lowest BCUT2D eigenvalue weighted by Crippen LogP contribution is -2.41. The zero-order chi connectivity index (χ0) is 28.6. The molecule has 0 radical (unpaired) electrons. The van der Waals surface area contributed by atoms with Crippen molar-refractivity contribution in [1.29, 1.82) is 0 Å². The minimum Gasteiger partial charge on any atom is -0.377 e. The molecule has 3 aromatic heterocycles. The van der Waals surface area contributed by atoms with E-state index in [1.54, 1.807) is 0 Å². The Hall–Kier alpha value is -3.73. The molecule has 1 saturated heterocycles. The summed E-state index contributed by atoms with van der Waals surface area (Å²) in [6.45, 7) is 7.40. The number of rotatable bonds is 8. The van der Waals surface area contributed by atoms with Crippen molar-refractivity contribution in [3.63, 3.8) is 0 Å². The highest BCUT2D eigenvalue weighted by Crippen LogP contribution is 2.38. The van der Waals surface area contributed by atoms with Gasteiger partial charge in [0.2, 0.25) is 17.6 Å². The summed E-state index contributed by atoms with van der Waals surface area (Å²) in [5.74, 6) is 3.40. The predicted molar refractivity (Wildman–Crippen MR) is 160 cm³/mol. The highest BCUT2D eigenvalue weighted by molar-refractivity contribution is 5.87. The topological polar surface area (TPSA) is 127 Å². The van der Waals surface area contributed by atoms with Crippen LogP contribution in [0, 0.1) is 17.8 Å². The van der Waals surface area contributed by atoms with Gasteiger partial charge in [-0.1, -0.05) is 61.7 Å². The van der Waals surface area contributed by atoms with E-state index in [9.17, 15) is 4.79 Å².